The van der Waals surface area contributed by atoms with Crippen molar-refractivity contribution in [2.75, 3.05) is 17.7 Å². The summed E-state index contributed by atoms with van der Waals surface area (Å²) in [6, 6.07) is 17.3. The van der Waals surface area contributed by atoms with E-state index in [-0.39, 0.29) is 23.8 Å². The largest absolute Gasteiger partial charge is 0.462 e. The molecule has 1 aliphatic rings. The Labute approximate surface area is 249 Å². The number of nitrogens with zero attached hydrogens (tertiary/aromatic N) is 2. The molecule has 1 N–H and O–H groups in total. The molecule has 208 valence electrons. The second kappa shape index (κ2) is 11.6. The lowest BCUT2D eigenvalue weighted by Gasteiger charge is -2.13. The predicted octanol–water partition coefficient (Wildman–Crippen LogP) is 6.88. The average molecular weight is 602 g/mol. The normalized spacial score (nSPS) is 12.4. The Kier molecular flexibility index (Phi) is 7.79. The third-order valence-electron chi connectivity index (χ3n) is 6.94. The standard InChI is InChI=1S/C31H27N3O4S3/c1-3-38-30(37)26-22(19-14-12-18(2)13-15-19)16-39-27(26)32-24(35)17-40-31-33-28-25(21-10-7-11-23(21)41-28)29(36)34(31)20-8-5-4-6-9-20/h4-6,8-9,12-16H,3,7,10-11,17H2,1-2H3,(H,32,35). The van der Waals surface area contributed by atoms with E-state index in [1.165, 1.54) is 28.0 Å². The molecule has 0 bridgehead atoms. The van der Waals surface area contributed by atoms with Gasteiger partial charge in [0.2, 0.25) is 5.91 Å². The molecule has 6 rings (SSSR count). The molecule has 0 aliphatic heterocycles. The number of thioether (sulfide) groups is 1. The zero-order valence-electron chi connectivity index (χ0n) is 22.6. The van der Waals surface area contributed by atoms with Crippen LogP contribution in [0.5, 0.6) is 0 Å². The number of thiophene rings is 2. The highest BCUT2D eigenvalue weighted by Gasteiger charge is 2.25. The number of carbonyl (C=O) groups excluding carboxylic acids is 2. The van der Waals surface area contributed by atoms with Crippen molar-refractivity contribution in [3.8, 4) is 16.8 Å². The van der Waals surface area contributed by atoms with E-state index in [1.54, 1.807) is 22.8 Å². The molecular formula is C31H27N3O4S3. The number of nitrogens with one attached hydrogen (secondary N) is 1. The van der Waals surface area contributed by atoms with Crippen LogP contribution in [-0.4, -0.2) is 33.8 Å². The molecule has 0 unspecified atom stereocenters. The number of amides is 1. The van der Waals surface area contributed by atoms with Gasteiger partial charge in [-0.3, -0.25) is 14.2 Å². The van der Waals surface area contributed by atoms with Gasteiger partial charge in [0.15, 0.2) is 5.16 Å². The molecule has 3 aromatic heterocycles. The summed E-state index contributed by atoms with van der Waals surface area (Å²) in [5, 5.41) is 6.36. The van der Waals surface area contributed by atoms with Crippen molar-refractivity contribution in [2.45, 2.75) is 38.3 Å². The molecule has 7 nitrogen and oxygen atoms in total. The fourth-order valence-electron chi connectivity index (χ4n) is 5.02. The summed E-state index contributed by atoms with van der Waals surface area (Å²) < 4.78 is 6.94. The first-order valence-electron chi connectivity index (χ1n) is 13.4. The number of anilines is 1. The Bertz CT molecular complexity index is 1820. The molecule has 0 atom stereocenters. The molecule has 2 aromatic carbocycles. The minimum atomic E-state index is -0.483. The van der Waals surface area contributed by atoms with Crippen molar-refractivity contribution in [2.24, 2.45) is 0 Å². The quantitative estimate of drug-likeness (QED) is 0.118. The molecule has 0 saturated heterocycles. The minimum Gasteiger partial charge on any atom is -0.462 e. The zero-order chi connectivity index (χ0) is 28.5. The van der Waals surface area contributed by atoms with Crippen molar-refractivity contribution in [1.29, 1.82) is 0 Å². The van der Waals surface area contributed by atoms with Crippen LogP contribution >= 0.6 is 34.4 Å². The monoisotopic (exact) mass is 601 g/mol. The summed E-state index contributed by atoms with van der Waals surface area (Å²) in [6.45, 7) is 3.98. The molecule has 1 amide bonds. The number of aryl methyl sites for hydroxylation is 3. The minimum absolute atomic E-state index is 0.00982. The number of benzene rings is 2. The van der Waals surface area contributed by atoms with Gasteiger partial charge in [0.25, 0.3) is 5.56 Å². The van der Waals surface area contributed by atoms with Gasteiger partial charge in [0, 0.05) is 15.8 Å². The molecule has 0 saturated carbocycles. The summed E-state index contributed by atoms with van der Waals surface area (Å²) in [5.74, 6) is -0.779. The number of esters is 1. The molecule has 1 aliphatic carbocycles. The van der Waals surface area contributed by atoms with Crippen LogP contribution in [0.3, 0.4) is 0 Å². The lowest BCUT2D eigenvalue weighted by molar-refractivity contribution is -0.113. The molecule has 0 spiro atoms. The third-order valence-corrected chi connectivity index (χ3v) is 9.96. The number of hydrogen-bond acceptors (Lipinski definition) is 8. The first-order valence-corrected chi connectivity index (χ1v) is 16.0. The SMILES string of the molecule is CCOC(=O)c1c(-c2ccc(C)cc2)csc1NC(=O)CSc1nc2sc3c(c2c(=O)n1-c1ccccc1)CCC3. The van der Waals surface area contributed by atoms with E-state index in [0.29, 0.717) is 32.4 Å². The molecule has 5 aromatic rings. The van der Waals surface area contributed by atoms with Crippen molar-refractivity contribution < 1.29 is 14.3 Å². The van der Waals surface area contributed by atoms with Gasteiger partial charge in [-0.1, -0.05) is 59.8 Å². The Morgan fingerprint density at radius 1 is 1.10 bits per heavy atom. The van der Waals surface area contributed by atoms with Crippen LogP contribution in [0.4, 0.5) is 5.00 Å². The molecular weight excluding hydrogens is 575 g/mol. The Balaban J connectivity index is 1.30. The molecule has 41 heavy (non-hydrogen) atoms. The van der Waals surface area contributed by atoms with E-state index < -0.39 is 5.97 Å². The Morgan fingerprint density at radius 3 is 2.63 bits per heavy atom. The van der Waals surface area contributed by atoms with Crippen LogP contribution in [-0.2, 0) is 22.4 Å². The maximum Gasteiger partial charge on any atom is 0.341 e. The molecule has 0 radical (unpaired) electrons. The number of ether oxygens (including phenoxy) is 1. The second-order valence-electron chi connectivity index (χ2n) is 9.68. The van der Waals surface area contributed by atoms with Gasteiger partial charge in [-0.15, -0.1) is 22.7 Å². The summed E-state index contributed by atoms with van der Waals surface area (Å²) in [7, 11) is 0. The van der Waals surface area contributed by atoms with Crippen LogP contribution in [0.1, 0.15) is 39.7 Å². The number of fused-ring (bicyclic) bond motifs is 3. The van der Waals surface area contributed by atoms with E-state index in [0.717, 1.165) is 40.8 Å². The van der Waals surface area contributed by atoms with E-state index in [4.69, 9.17) is 9.72 Å². The maximum absolute atomic E-state index is 13.8. The van der Waals surface area contributed by atoms with E-state index in [9.17, 15) is 14.4 Å². The fraction of sp³-hybridized carbons (Fsp3) is 0.226. The van der Waals surface area contributed by atoms with E-state index in [1.807, 2.05) is 66.9 Å². The first kappa shape index (κ1) is 27.4. The van der Waals surface area contributed by atoms with Crippen molar-refractivity contribution in [3.05, 3.63) is 91.9 Å². The smallest absolute Gasteiger partial charge is 0.341 e. The van der Waals surface area contributed by atoms with Gasteiger partial charge in [-0.25, -0.2) is 9.78 Å². The fourth-order valence-corrected chi connectivity index (χ4v) is 8.11. The summed E-state index contributed by atoms with van der Waals surface area (Å²) in [6.07, 6.45) is 2.92. The van der Waals surface area contributed by atoms with Gasteiger partial charge in [0.1, 0.15) is 15.4 Å². The Hall–Kier alpha value is -3.73. The van der Waals surface area contributed by atoms with Crippen molar-refractivity contribution in [3.63, 3.8) is 0 Å². The highest BCUT2D eigenvalue weighted by atomic mass is 32.2. The van der Waals surface area contributed by atoms with Crippen LogP contribution in [0.2, 0.25) is 0 Å². The highest BCUT2D eigenvalue weighted by Crippen LogP contribution is 2.38. The van der Waals surface area contributed by atoms with Crippen LogP contribution in [0, 0.1) is 6.92 Å². The lowest BCUT2D eigenvalue weighted by Crippen LogP contribution is -2.23. The van der Waals surface area contributed by atoms with E-state index >= 15 is 0 Å². The van der Waals surface area contributed by atoms with Crippen LogP contribution in [0.25, 0.3) is 27.0 Å². The third kappa shape index (κ3) is 5.35. The number of aromatic nitrogens is 2. The first-order chi connectivity index (χ1) is 19.9. The van der Waals surface area contributed by atoms with Crippen molar-refractivity contribution >= 4 is 61.5 Å². The summed E-state index contributed by atoms with van der Waals surface area (Å²) >= 11 is 4.07. The summed E-state index contributed by atoms with van der Waals surface area (Å²) in [4.78, 5) is 46.8. The number of hydrogen-bond donors (Lipinski definition) is 1. The second-order valence-corrected chi connectivity index (χ2v) is 12.6. The lowest BCUT2D eigenvalue weighted by atomic mass is 10.0. The van der Waals surface area contributed by atoms with Crippen molar-refractivity contribution in [1.82, 2.24) is 9.55 Å². The van der Waals surface area contributed by atoms with Gasteiger partial charge in [-0.2, -0.15) is 0 Å². The van der Waals surface area contributed by atoms with Gasteiger partial charge < -0.3 is 10.1 Å². The topological polar surface area (TPSA) is 90.3 Å². The Morgan fingerprint density at radius 2 is 1.88 bits per heavy atom. The molecule has 3 heterocycles. The zero-order valence-corrected chi connectivity index (χ0v) is 25.0. The van der Waals surface area contributed by atoms with Gasteiger partial charge in [-0.05, 0) is 56.4 Å². The highest BCUT2D eigenvalue weighted by molar-refractivity contribution is 7.99. The number of carbonyl (C=O) groups is 2. The van der Waals surface area contributed by atoms with Gasteiger partial charge in [0.05, 0.1) is 23.4 Å². The van der Waals surface area contributed by atoms with Gasteiger partial charge >= 0.3 is 5.97 Å². The van der Waals surface area contributed by atoms with Crippen LogP contribution in [0.15, 0.2) is 69.9 Å². The average Bonchev–Trinajstić information content (AvgIpc) is 3.68. The number of para-hydroxylation sites is 1. The molecule has 10 heteroatoms. The summed E-state index contributed by atoms with van der Waals surface area (Å²) in [5.41, 5.74) is 4.76. The predicted molar refractivity (Wildman–Crippen MR) is 167 cm³/mol. The number of rotatable bonds is 8. The van der Waals surface area contributed by atoms with Crippen LogP contribution < -0.4 is 10.9 Å². The molecule has 0 fully saturated rings. The maximum atomic E-state index is 13.8. The van der Waals surface area contributed by atoms with E-state index in [2.05, 4.69) is 5.32 Å².